The molecule has 2 aromatic rings. The first-order valence-electron chi connectivity index (χ1n) is 6.51. The van der Waals surface area contributed by atoms with E-state index in [-0.39, 0.29) is 0 Å². The van der Waals surface area contributed by atoms with Crippen LogP contribution in [0.4, 0.5) is 0 Å². The van der Waals surface area contributed by atoms with Gasteiger partial charge in [0, 0.05) is 0 Å². The zero-order valence-corrected chi connectivity index (χ0v) is 12.8. The van der Waals surface area contributed by atoms with E-state index in [1.165, 1.54) is 10.8 Å². The molecule has 0 radical (unpaired) electrons. The summed E-state index contributed by atoms with van der Waals surface area (Å²) in [5.41, 5.74) is 3.60. The number of hydrogen-bond donors (Lipinski definition) is 0. The summed E-state index contributed by atoms with van der Waals surface area (Å²) >= 11 is 0. The van der Waals surface area contributed by atoms with E-state index in [0.29, 0.717) is 0 Å². The van der Waals surface area contributed by atoms with Crippen LogP contribution in [-0.2, 0) is 0 Å². The molecule has 0 aromatic heterocycles. The van der Waals surface area contributed by atoms with Gasteiger partial charge in [-0.05, 0) is 17.7 Å². The monoisotopic (exact) mass is 268 g/mol. The highest BCUT2D eigenvalue weighted by molar-refractivity contribution is 6.94. The SMILES string of the molecule is COc1ccc(/C=C\[Si](C)(C)c2ccccc2)cc1. The third-order valence-corrected chi connectivity index (χ3v) is 6.15. The predicted molar refractivity (Wildman–Crippen MR) is 85.6 cm³/mol. The number of methoxy groups -OCH3 is 1. The van der Waals surface area contributed by atoms with Crippen molar-refractivity contribution in [2.24, 2.45) is 0 Å². The van der Waals surface area contributed by atoms with E-state index in [0.717, 1.165) is 5.75 Å². The molecular formula is C17H20OSi. The van der Waals surface area contributed by atoms with Crippen LogP contribution < -0.4 is 9.92 Å². The zero-order chi connectivity index (χ0) is 13.7. The lowest BCUT2D eigenvalue weighted by Gasteiger charge is -2.18. The Morgan fingerprint density at radius 1 is 0.895 bits per heavy atom. The van der Waals surface area contributed by atoms with Crippen LogP contribution in [0.2, 0.25) is 13.1 Å². The largest absolute Gasteiger partial charge is 0.497 e. The smallest absolute Gasteiger partial charge is 0.118 e. The van der Waals surface area contributed by atoms with Crippen LogP contribution in [0, 0.1) is 0 Å². The second-order valence-corrected chi connectivity index (χ2v) is 9.55. The van der Waals surface area contributed by atoms with E-state index < -0.39 is 8.07 Å². The van der Waals surface area contributed by atoms with E-state index in [1.54, 1.807) is 7.11 Å². The summed E-state index contributed by atoms with van der Waals surface area (Å²) < 4.78 is 5.17. The van der Waals surface area contributed by atoms with Crippen LogP contribution >= 0.6 is 0 Å². The van der Waals surface area contributed by atoms with Gasteiger partial charge in [-0.15, -0.1) is 0 Å². The molecule has 0 saturated carbocycles. The first-order valence-corrected chi connectivity index (χ1v) is 9.58. The maximum Gasteiger partial charge on any atom is 0.118 e. The number of hydrogen-bond acceptors (Lipinski definition) is 1. The molecule has 2 rings (SSSR count). The molecule has 1 nitrogen and oxygen atoms in total. The van der Waals surface area contributed by atoms with Gasteiger partial charge in [0.2, 0.25) is 0 Å². The van der Waals surface area contributed by atoms with Crippen molar-refractivity contribution in [2.75, 3.05) is 7.11 Å². The fraction of sp³-hybridized carbons (Fsp3) is 0.176. The second kappa shape index (κ2) is 5.89. The maximum atomic E-state index is 5.17. The fourth-order valence-corrected chi connectivity index (χ4v) is 3.84. The Bertz CT molecular complexity index is 541. The average Bonchev–Trinajstić information content (AvgIpc) is 2.47. The third kappa shape index (κ3) is 3.58. The Morgan fingerprint density at radius 2 is 1.53 bits per heavy atom. The van der Waals surface area contributed by atoms with Gasteiger partial charge in [0.25, 0.3) is 0 Å². The van der Waals surface area contributed by atoms with Crippen molar-refractivity contribution >= 4 is 19.3 Å². The highest BCUT2D eigenvalue weighted by Crippen LogP contribution is 2.14. The number of benzene rings is 2. The third-order valence-electron chi connectivity index (χ3n) is 3.33. The van der Waals surface area contributed by atoms with Crippen molar-refractivity contribution in [1.82, 2.24) is 0 Å². The van der Waals surface area contributed by atoms with Gasteiger partial charge in [-0.1, -0.05) is 72.5 Å². The number of ether oxygens (including phenoxy) is 1. The highest BCUT2D eigenvalue weighted by Gasteiger charge is 2.18. The first-order chi connectivity index (χ1) is 9.12. The van der Waals surface area contributed by atoms with Crippen LogP contribution in [0.5, 0.6) is 5.75 Å². The molecule has 0 amide bonds. The molecule has 0 bridgehead atoms. The van der Waals surface area contributed by atoms with Crippen molar-refractivity contribution in [3.63, 3.8) is 0 Å². The molecule has 19 heavy (non-hydrogen) atoms. The molecular weight excluding hydrogens is 248 g/mol. The lowest BCUT2D eigenvalue weighted by molar-refractivity contribution is 0.415. The lowest BCUT2D eigenvalue weighted by Crippen LogP contribution is -2.39. The molecule has 2 aromatic carbocycles. The van der Waals surface area contributed by atoms with Crippen LogP contribution in [0.15, 0.2) is 60.3 Å². The molecule has 0 saturated heterocycles. The molecule has 0 aliphatic rings. The van der Waals surface area contributed by atoms with Gasteiger partial charge < -0.3 is 4.74 Å². The summed E-state index contributed by atoms with van der Waals surface area (Å²) in [7, 11) is 0.195. The Morgan fingerprint density at radius 3 is 2.11 bits per heavy atom. The van der Waals surface area contributed by atoms with E-state index in [2.05, 4.69) is 67.3 Å². The zero-order valence-electron chi connectivity index (χ0n) is 11.8. The van der Waals surface area contributed by atoms with Crippen molar-refractivity contribution in [3.8, 4) is 5.75 Å². The minimum atomic E-state index is -1.50. The highest BCUT2D eigenvalue weighted by atomic mass is 28.3. The van der Waals surface area contributed by atoms with E-state index in [9.17, 15) is 0 Å². The van der Waals surface area contributed by atoms with Crippen molar-refractivity contribution < 1.29 is 4.74 Å². The summed E-state index contributed by atoms with van der Waals surface area (Å²) in [6, 6.07) is 18.9. The molecule has 2 heteroatoms. The second-order valence-electron chi connectivity index (χ2n) is 5.19. The Kier molecular flexibility index (Phi) is 4.22. The van der Waals surface area contributed by atoms with Crippen molar-refractivity contribution in [1.29, 1.82) is 0 Å². The Labute approximate surface area is 116 Å². The molecule has 98 valence electrons. The van der Waals surface area contributed by atoms with E-state index in [4.69, 9.17) is 4.74 Å². The summed E-state index contributed by atoms with van der Waals surface area (Å²) in [5, 5.41) is 1.46. The molecule has 0 spiro atoms. The van der Waals surface area contributed by atoms with Crippen molar-refractivity contribution in [3.05, 3.63) is 65.9 Å². The van der Waals surface area contributed by atoms with E-state index in [1.807, 2.05) is 12.1 Å². The topological polar surface area (TPSA) is 9.23 Å². The quantitative estimate of drug-likeness (QED) is 0.765. The molecule has 0 fully saturated rings. The van der Waals surface area contributed by atoms with Gasteiger partial charge in [0.1, 0.15) is 13.8 Å². The summed E-state index contributed by atoms with van der Waals surface area (Å²) in [6.45, 7) is 4.73. The maximum absolute atomic E-state index is 5.17. The van der Waals surface area contributed by atoms with Crippen molar-refractivity contribution in [2.45, 2.75) is 13.1 Å². The fourth-order valence-electron chi connectivity index (χ4n) is 1.98. The van der Waals surface area contributed by atoms with Gasteiger partial charge in [-0.2, -0.15) is 0 Å². The average molecular weight is 268 g/mol. The first kappa shape index (κ1) is 13.6. The molecule has 0 heterocycles. The van der Waals surface area contributed by atoms with Gasteiger partial charge in [0.05, 0.1) is 7.11 Å². The molecule has 0 atom stereocenters. The summed E-state index contributed by atoms with van der Waals surface area (Å²) in [5.74, 6) is 0.900. The Balaban J connectivity index is 2.16. The van der Waals surface area contributed by atoms with Gasteiger partial charge in [-0.3, -0.25) is 0 Å². The molecule has 0 aliphatic carbocycles. The van der Waals surface area contributed by atoms with Crippen LogP contribution in [0.25, 0.3) is 6.08 Å². The summed E-state index contributed by atoms with van der Waals surface area (Å²) in [4.78, 5) is 0. The predicted octanol–water partition coefficient (Wildman–Crippen LogP) is 3.86. The molecule has 0 N–H and O–H groups in total. The standard InChI is InChI=1S/C17H20OSi/c1-18-16-11-9-15(10-12-16)13-14-19(2,3)17-7-5-4-6-8-17/h4-14H,1-3H3/b14-13-. The summed E-state index contributed by atoms with van der Waals surface area (Å²) in [6.07, 6.45) is 2.22. The minimum absolute atomic E-state index is 0.900. The molecule has 0 aliphatic heterocycles. The lowest BCUT2D eigenvalue weighted by atomic mass is 10.2. The normalized spacial score (nSPS) is 11.7. The van der Waals surface area contributed by atoms with Crippen LogP contribution in [-0.4, -0.2) is 15.2 Å². The van der Waals surface area contributed by atoms with Gasteiger partial charge in [-0.25, -0.2) is 0 Å². The van der Waals surface area contributed by atoms with Crippen LogP contribution in [0.3, 0.4) is 0 Å². The molecule has 0 unspecified atom stereocenters. The van der Waals surface area contributed by atoms with Gasteiger partial charge in [0.15, 0.2) is 0 Å². The minimum Gasteiger partial charge on any atom is -0.497 e. The Hall–Kier alpha value is -1.80. The van der Waals surface area contributed by atoms with Gasteiger partial charge >= 0.3 is 0 Å². The van der Waals surface area contributed by atoms with Crippen LogP contribution in [0.1, 0.15) is 5.56 Å². The number of rotatable bonds is 4. The van der Waals surface area contributed by atoms with E-state index >= 15 is 0 Å².